The second kappa shape index (κ2) is 7.80. The highest BCUT2D eigenvalue weighted by molar-refractivity contribution is 9.10. The van der Waals surface area contributed by atoms with Crippen molar-refractivity contribution in [1.82, 2.24) is 0 Å². The molecule has 0 heterocycles. The van der Waals surface area contributed by atoms with Gasteiger partial charge in [-0.3, -0.25) is 0 Å². The van der Waals surface area contributed by atoms with Crippen molar-refractivity contribution in [2.45, 2.75) is 6.04 Å². The van der Waals surface area contributed by atoms with E-state index in [9.17, 15) is 0 Å². The lowest BCUT2D eigenvalue weighted by Gasteiger charge is -2.18. The van der Waals surface area contributed by atoms with Crippen molar-refractivity contribution < 1.29 is 9.47 Å². The van der Waals surface area contributed by atoms with Gasteiger partial charge < -0.3 is 15.2 Å². The van der Waals surface area contributed by atoms with Crippen molar-refractivity contribution in [2.24, 2.45) is 5.73 Å². The van der Waals surface area contributed by atoms with E-state index >= 15 is 0 Å². The van der Waals surface area contributed by atoms with Gasteiger partial charge in [-0.25, -0.2) is 0 Å². The van der Waals surface area contributed by atoms with Crippen LogP contribution in [-0.4, -0.2) is 20.3 Å². The van der Waals surface area contributed by atoms with Gasteiger partial charge in [0.25, 0.3) is 0 Å². The van der Waals surface area contributed by atoms with Crippen LogP contribution < -0.4 is 10.5 Å². The topological polar surface area (TPSA) is 44.5 Å². The highest BCUT2D eigenvalue weighted by atomic mass is 79.9. The van der Waals surface area contributed by atoms with Gasteiger partial charge in [0, 0.05) is 17.1 Å². The minimum atomic E-state index is -0.280. The van der Waals surface area contributed by atoms with Crippen molar-refractivity contribution in [1.29, 1.82) is 0 Å². The maximum Gasteiger partial charge on any atom is 0.124 e. The number of ether oxygens (including phenoxy) is 2. The molecule has 5 heteroatoms. The van der Waals surface area contributed by atoms with E-state index < -0.39 is 0 Å². The summed E-state index contributed by atoms with van der Waals surface area (Å²) in [7, 11) is 1.65. The van der Waals surface area contributed by atoms with Crippen LogP contribution in [0.4, 0.5) is 0 Å². The summed E-state index contributed by atoms with van der Waals surface area (Å²) in [5, 5.41) is 0.663. The molecule has 0 spiro atoms. The predicted molar refractivity (Wildman–Crippen MR) is 89.0 cm³/mol. The molecule has 0 aliphatic heterocycles. The Balaban J connectivity index is 2.25. The number of nitrogens with two attached hydrogens (primary N) is 1. The Morgan fingerprint density at radius 3 is 2.67 bits per heavy atom. The van der Waals surface area contributed by atoms with Gasteiger partial charge in [0.05, 0.1) is 17.7 Å². The molecule has 0 bridgehead atoms. The smallest absolute Gasteiger partial charge is 0.124 e. The predicted octanol–water partition coefficient (Wildman–Crippen LogP) is 4.18. The molecular weight excluding hydrogens is 354 g/mol. The largest absolute Gasteiger partial charge is 0.491 e. The van der Waals surface area contributed by atoms with Crippen molar-refractivity contribution in [3.8, 4) is 5.75 Å². The van der Waals surface area contributed by atoms with Crippen LogP contribution in [0.25, 0.3) is 0 Å². The van der Waals surface area contributed by atoms with Crippen LogP contribution in [0.2, 0.25) is 5.02 Å². The summed E-state index contributed by atoms with van der Waals surface area (Å²) in [5.41, 5.74) is 8.27. The summed E-state index contributed by atoms with van der Waals surface area (Å²) in [6, 6.07) is 13.2. The van der Waals surface area contributed by atoms with E-state index in [0.717, 1.165) is 21.3 Å². The Morgan fingerprint density at radius 2 is 1.95 bits per heavy atom. The third kappa shape index (κ3) is 4.20. The van der Waals surface area contributed by atoms with E-state index in [2.05, 4.69) is 15.9 Å². The molecule has 0 aliphatic rings. The first kappa shape index (κ1) is 16.3. The van der Waals surface area contributed by atoms with E-state index in [1.807, 2.05) is 42.5 Å². The molecular formula is C16H17BrClNO2. The van der Waals surface area contributed by atoms with Gasteiger partial charge in [-0.2, -0.15) is 0 Å². The standard InChI is InChI=1S/C16H17BrClNO2/c1-20-8-9-21-15-5-3-2-4-12(15)16(19)11-6-7-14(18)13(17)10-11/h2-7,10,16H,8-9,19H2,1H3. The minimum absolute atomic E-state index is 0.280. The number of methoxy groups -OCH3 is 1. The summed E-state index contributed by atoms with van der Waals surface area (Å²) in [6.07, 6.45) is 0. The first-order valence-electron chi connectivity index (χ1n) is 6.54. The second-order valence-electron chi connectivity index (χ2n) is 4.53. The van der Waals surface area contributed by atoms with Crippen molar-refractivity contribution in [3.63, 3.8) is 0 Å². The zero-order chi connectivity index (χ0) is 15.2. The molecule has 0 amide bonds. The zero-order valence-corrected chi connectivity index (χ0v) is 14.0. The third-order valence-electron chi connectivity index (χ3n) is 3.10. The van der Waals surface area contributed by atoms with Crippen LogP contribution in [-0.2, 0) is 4.74 Å². The van der Waals surface area contributed by atoms with Gasteiger partial charge in [0.1, 0.15) is 12.4 Å². The minimum Gasteiger partial charge on any atom is -0.491 e. The summed E-state index contributed by atoms with van der Waals surface area (Å²) in [4.78, 5) is 0. The number of benzene rings is 2. The lowest BCUT2D eigenvalue weighted by molar-refractivity contribution is 0.145. The molecule has 0 aliphatic carbocycles. The zero-order valence-electron chi connectivity index (χ0n) is 11.7. The van der Waals surface area contributed by atoms with Crippen molar-refractivity contribution in [2.75, 3.05) is 20.3 Å². The molecule has 0 saturated carbocycles. The van der Waals surface area contributed by atoms with Gasteiger partial charge in [-0.05, 0) is 39.7 Å². The van der Waals surface area contributed by atoms with Crippen molar-refractivity contribution >= 4 is 27.5 Å². The molecule has 0 radical (unpaired) electrons. The van der Waals surface area contributed by atoms with E-state index in [-0.39, 0.29) is 6.04 Å². The number of halogens is 2. The Hall–Kier alpha value is -1.07. The summed E-state index contributed by atoms with van der Waals surface area (Å²) in [5.74, 6) is 0.771. The Labute approximate surface area is 138 Å². The molecule has 2 rings (SSSR count). The average Bonchev–Trinajstić information content (AvgIpc) is 2.50. The van der Waals surface area contributed by atoms with Gasteiger partial charge in [0.2, 0.25) is 0 Å². The van der Waals surface area contributed by atoms with Crippen LogP contribution in [0.15, 0.2) is 46.9 Å². The SMILES string of the molecule is COCCOc1ccccc1C(N)c1ccc(Cl)c(Br)c1. The fourth-order valence-electron chi connectivity index (χ4n) is 1.99. The first-order valence-corrected chi connectivity index (χ1v) is 7.71. The molecule has 1 atom stereocenters. The quantitative estimate of drug-likeness (QED) is 0.776. The highest BCUT2D eigenvalue weighted by Crippen LogP contribution is 2.31. The molecule has 2 N–H and O–H groups in total. The molecule has 0 aromatic heterocycles. The molecule has 0 saturated heterocycles. The Morgan fingerprint density at radius 1 is 1.19 bits per heavy atom. The molecule has 112 valence electrons. The van der Waals surface area contributed by atoms with Gasteiger partial charge in [-0.15, -0.1) is 0 Å². The number of hydrogen-bond donors (Lipinski definition) is 1. The third-order valence-corrected chi connectivity index (χ3v) is 4.32. The molecule has 2 aromatic rings. The summed E-state index contributed by atoms with van der Waals surface area (Å²) >= 11 is 9.44. The molecule has 21 heavy (non-hydrogen) atoms. The van der Waals surface area contributed by atoms with Crippen LogP contribution in [0.3, 0.4) is 0 Å². The number of para-hydroxylation sites is 1. The van der Waals surface area contributed by atoms with E-state index in [1.165, 1.54) is 0 Å². The number of rotatable bonds is 6. The fourth-order valence-corrected chi connectivity index (χ4v) is 2.50. The van der Waals surface area contributed by atoms with Crippen LogP contribution in [0.1, 0.15) is 17.2 Å². The lowest BCUT2D eigenvalue weighted by atomic mass is 9.99. The second-order valence-corrected chi connectivity index (χ2v) is 5.79. The summed E-state index contributed by atoms with van der Waals surface area (Å²) < 4.78 is 11.6. The molecule has 0 fully saturated rings. The lowest BCUT2D eigenvalue weighted by Crippen LogP contribution is -2.14. The Kier molecular flexibility index (Phi) is 6.06. The van der Waals surface area contributed by atoms with Gasteiger partial charge >= 0.3 is 0 Å². The van der Waals surface area contributed by atoms with E-state index in [0.29, 0.717) is 18.2 Å². The van der Waals surface area contributed by atoms with E-state index in [1.54, 1.807) is 7.11 Å². The Bertz CT molecular complexity index is 607. The number of hydrogen-bond acceptors (Lipinski definition) is 3. The van der Waals surface area contributed by atoms with Gasteiger partial charge in [-0.1, -0.05) is 35.9 Å². The van der Waals surface area contributed by atoms with Crippen LogP contribution >= 0.6 is 27.5 Å². The van der Waals surface area contributed by atoms with Crippen molar-refractivity contribution in [3.05, 3.63) is 63.1 Å². The molecule has 3 nitrogen and oxygen atoms in total. The maximum atomic E-state index is 6.37. The molecule has 2 aromatic carbocycles. The first-order chi connectivity index (χ1) is 10.1. The van der Waals surface area contributed by atoms with Gasteiger partial charge in [0.15, 0.2) is 0 Å². The highest BCUT2D eigenvalue weighted by Gasteiger charge is 2.15. The maximum absolute atomic E-state index is 6.37. The van der Waals surface area contributed by atoms with Crippen LogP contribution in [0, 0.1) is 0 Å². The average molecular weight is 371 g/mol. The molecule has 1 unspecified atom stereocenters. The van der Waals surface area contributed by atoms with Crippen LogP contribution in [0.5, 0.6) is 5.75 Å². The normalized spacial score (nSPS) is 12.2. The fraction of sp³-hybridized carbons (Fsp3) is 0.250. The summed E-state index contributed by atoms with van der Waals surface area (Å²) in [6.45, 7) is 1.03. The monoisotopic (exact) mass is 369 g/mol. The van der Waals surface area contributed by atoms with E-state index in [4.69, 9.17) is 26.8 Å².